The summed E-state index contributed by atoms with van der Waals surface area (Å²) in [4.78, 5) is 4.29. The van der Waals surface area contributed by atoms with E-state index < -0.39 is 0 Å². The van der Waals surface area contributed by atoms with Crippen molar-refractivity contribution in [1.29, 1.82) is 0 Å². The highest BCUT2D eigenvalue weighted by Crippen LogP contribution is 2.04. The summed E-state index contributed by atoms with van der Waals surface area (Å²) in [6.07, 6.45) is 8.90. The van der Waals surface area contributed by atoms with Crippen LogP contribution in [0.25, 0.3) is 5.65 Å². The summed E-state index contributed by atoms with van der Waals surface area (Å²) >= 11 is 1.85. The Morgan fingerprint density at radius 1 is 1.54 bits per heavy atom. The van der Waals surface area contributed by atoms with Crippen molar-refractivity contribution in [1.82, 2.24) is 14.6 Å². The summed E-state index contributed by atoms with van der Waals surface area (Å²) < 4.78 is 1.82. The van der Waals surface area contributed by atoms with E-state index in [1.807, 2.05) is 34.7 Å². The van der Waals surface area contributed by atoms with E-state index in [1.165, 1.54) is 5.56 Å². The van der Waals surface area contributed by atoms with Crippen LogP contribution in [-0.4, -0.2) is 26.6 Å². The van der Waals surface area contributed by atoms with Gasteiger partial charge in [-0.3, -0.25) is 0 Å². The second kappa shape index (κ2) is 3.79. The van der Waals surface area contributed by atoms with Gasteiger partial charge in [-0.2, -0.15) is 16.9 Å². The van der Waals surface area contributed by atoms with Gasteiger partial charge in [0.25, 0.3) is 0 Å². The minimum atomic E-state index is 0.910. The minimum absolute atomic E-state index is 0.910. The summed E-state index contributed by atoms with van der Waals surface area (Å²) in [5.41, 5.74) is 2.15. The van der Waals surface area contributed by atoms with E-state index in [0.717, 1.165) is 17.8 Å². The van der Waals surface area contributed by atoms with Crippen LogP contribution in [-0.2, 0) is 6.42 Å². The Morgan fingerprint density at radius 3 is 3.31 bits per heavy atom. The molecule has 2 aromatic heterocycles. The lowest BCUT2D eigenvalue weighted by atomic mass is 10.3. The molecule has 2 aromatic rings. The van der Waals surface area contributed by atoms with E-state index >= 15 is 0 Å². The first-order valence-corrected chi connectivity index (χ1v) is 5.57. The maximum absolute atomic E-state index is 4.29. The molecule has 0 aliphatic heterocycles. The maximum Gasteiger partial charge on any atom is 0.154 e. The molecule has 0 unspecified atom stereocenters. The Kier molecular flexibility index (Phi) is 2.49. The van der Waals surface area contributed by atoms with Crippen LogP contribution in [0.5, 0.6) is 0 Å². The molecule has 0 aromatic carbocycles. The molecule has 68 valence electrons. The molecule has 13 heavy (non-hydrogen) atoms. The van der Waals surface area contributed by atoms with Gasteiger partial charge in [0.15, 0.2) is 5.65 Å². The molecule has 0 bridgehead atoms. The Hall–Kier alpha value is -1.03. The van der Waals surface area contributed by atoms with E-state index in [1.54, 1.807) is 6.20 Å². The number of thioether (sulfide) groups is 1. The van der Waals surface area contributed by atoms with Crippen molar-refractivity contribution in [3.8, 4) is 0 Å². The number of aromatic nitrogens is 3. The van der Waals surface area contributed by atoms with Crippen LogP contribution in [0.1, 0.15) is 5.56 Å². The third-order valence-corrected chi connectivity index (χ3v) is 2.51. The standard InChI is InChI=1S/C9H11N3S/c1-13-5-3-8-6-10-9-2-4-11-12(9)7-8/h2,4,6-7H,3,5H2,1H3. The Balaban J connectivity index is 2.26. The average Bonchev–Trinajstić information content (AvgIpc) is 2.61. The monoisotopic (exact) mass is 193 g/mol. The Morgan fingerprint density at radius 2 is 2.46 bits per heavy atom. The van der Waals surface area contributed by atoms with Crippen molar-refractivity contribution in [2.24, 2.45) is 0 Å². The lowest BCUT2D eigenvalue weighted by Crippen LogP contribution is -1.95. The van der Waals surface area contributed by atoms with Gasteiger partial charge in [-0.1, -0.05) is 0 Å². The fourth-order valence-electron chi connectivity index (χ4n) is 1.20. The SMILES string of the molecule is CSCCc1cnc2ccnn2c1. The minimum Gasteiger partial charge on any atom is -0.237 e. The van der Waals surface area contributed by atoms with Gasteiger partial charge in [0.1, 0.15) is 0 Å². The van der Waals surface area contributed by atoms with Crippen LogP contribution in [0.4, 0.5) is 0 Å². The van der Waals surface area contributed by atoms with E-state index in [4.69, 9.17) is 0 Å². The van der Waals surface area contributed by atoms with Crippen LogP contribution >= 0.6 is 11.8 Å². The fourth-order valence-corrected chi connectivity index (χ4v) is 1.64. The van der Waals surface area contributed by atoms with E-state index in [-0.39, 0.29) is 0 Å². The second-order valence-electron chi connectivity index (χ2n) is 2.84. The molecule has 0 saturated carbocycles. The first kappa shape index (κ1) is 8.56. The molecule has 3 nitrogen and oxygen atoms in total. The number of aryl methyl sites for hydroxylation is 1. The molecule has 0 N–H and O–H groups in total. The summed E-state index contributed by atoms with van der Waals surface area (Å²) in [6.45, 7) is 0. The number of fused-ring (bicyclic) bond motifs is 1. The predicted molar refractivity (Wildman–Crippen MR) is 55.1 cm³/mol. The largest absolute Gasteiger partial charge is 0.237 e. The second-order valence-corrected chi connectivity index (χ2v) is 3.82. The van der Waals surface area contributed by atoms with Crippen molar-refractivity contribution in [2.75, 3.05) is 12.0 Å². The van der Waals surface area contributed by atoms with Crippen LogP contribution in [0, 0.1) is 0 Å². The van der Waals surface area contributed by atoms with Crippen LogP contribution in [0.2, 0.25) is 0 Å². The van der Waals surface area contributed by atoms with Gasteiger partial charge in [0.05, 0.1) is 6.20 Å². The van der Waals surface area contributed by atoms with E-state index in [0.29, 0.717) is 0 Å². The number of rotatable bonds is 3. The Labute approximate surface area is 81.2 Å². The normalized spacial score (nSPS) is 10.8. The number of hydrogen-bond acceptors (Lipinski definition) is 3. The molecule has 0 saturated heterocycles. The van der Waals surface area contributed by atoms with Crippen LogP contribution in [0.3, 0.4) is 0 Å². The van der Waals surface area contributed by atoms with Gasteiger partial charge in [0, 0.05) is 18.5 Å². The fraction of sp³-hybridized carbons (Fsp3) is 0.333. The summed E-state index contributed by atoms with van der Waals surface area (Å²) in [5, 5.41) is 4.13. The van der Waals surface area contributed by atoms with Gasteiger partial charge in [-0.15, -0.1) is 0 Å². The molecular weight excluding hydrogens is 182 g/mol. The lowest BCUT2D eigenvalue weighted by Gasteiger charge is -1.99. The smallest absolute Gasteiger partial charge is 0.154 e. The zero-order chi connectivity index (χ0) is 9.10. The van der Waals surface area contributed by atoms with Crippen molar-refractivity contribution in [3.63, 3.8) is 0 Å². The van der Waals surface area contributed by atoms with Crippen molar-refractivity contribution >= 4 is 17.4 Å². The maximum atomic E-state index is 4.29. The highest BCUT2D eigenvalue weighted by Gasteiger charge is 1.97. The number of hydrogen-bond donors (Lipinski definition) is 0. The third-order valence-electron chi connectivity index (χ3n) is 1.90. The van der Waals surface area contributed by atoms with Gasteiger partial charge >= 0.3 is 0 Å². The molecule has 0 spiro atoms. The molecule has 2 rings (SSSR count). The van der Waals surface area contributed by atoms with Crippen LogP contribution in [0.15, 0.2) is 24.7 Å². The predicted octanol–water partition coefficient (Wildman–Crippen LogP) is 1.63. The van der Waals surface area contributed by atoms with E-state index in [2.05, 4.69) is 16.3 Å². The lowest BCUT2D eigenvalue weighted by molar-refractivity contribution is 0.912. The molecular formula is C9H11N3S. The van der Waals surface area contributed by atoms with Gasteiger partial charge < -0.3 is 0 Å². The molecule has 0 aliphatic carbocycles. The number of nitrogens with zero attached hydrogens (tertiary/aromatic N) is 3. The van der Waals surface area contributed by atoms with Crippen molar-refractivity contribution in [3.05, 3.63) is 30.2 Å². The average molecular weight is 193 g/mol. The quantitative estimate of drug-likeness (QED) is 0.742. The molecule has 0 radical (unpaired) electrons. The third kappa shape index (κ3) is 1.83. The van der Waals surface area contributed by atoms with Crippen molar-refractivity contribution in [2.45, 2.75) is 6.42 Å². The zero-order valence-electron chi connectivity index (χ0n) is 7.47. The molecule has 0 amide bonds. The highest BCUT2D eigenvalue weighted by molar-refractivity contribution is 7.98. The molecule has 0 fully saturated rings. The zero-order valence-corrected chi connectivity index (χ0v) is 8.29. The molecule has 0 atom stereocenters. The van der Waals surface area contributed by atoms with Crippen LogP contribution < -0.4 is 0 Å². The molecule has 0 aliphatic rings. The topological polar surface area (TPSA) is 30.2 Å². The first-order valence-electron chi connectivity index (χ1n) is 4.17. The first-order chi connectivity index (χ1) is 6.40. The summed E-state index contributed by atoms with van der Waals surface area (Å²) in [6, 6.07) is 1.90. The van der Waals surface area contributed by atoms with Gasteiger partial charge in [-0.05, 0) is 24.0 Å². The Bertz CT molecular complexity index is 396. The van der Waals surface area contributed by atoms with Crippen molar-refractivity contribution < 1.29 is 0 Å². The molecule has 4 heteroatoms. The molecule has 2 heterocycles. The van der Waals surface area contributed by atoms with Gasteiger partial charge in [0.2, 0.25) is 0 Å². The van der Waals surface area contributed by atoms with Gasteiger partial charge in [-0.25, -0.2) is 9.50 Å². The summed E-state index contributed by atoms with van der Waals surface area (Å²) in [5.74, 6) is 1.13. The summed E-state index contributed by atoms with van der Waals surface area (Å²) in [7, 11) is 0. The van der Waals surface area contributed by atoms with E-state index in [9.17, 15) is 0 Å². The highest BCUT2D eigenvalue weighted by atomic mass is 32.2.